The molecule has 0 bridgehead atoms. The van der Waals surface area contributed by atoms with Gasteiger partial charge in [0.2, 0.25) is 5.91 Å². The molecule has 2 saturated heterocycles. The number of hydrogen-bond donors (Lipinski definition) is 1. The molecule has 2 aliphatic heterocycles. The van der Waals surface area contributed by atoms with Crippen molar-refractivity contribution in [2.24, 2.45) is 0 Å². The van der Waals surface area contributed by atoms with Crippen LogP contribution in [0.25, 0.3) is 6.08 Å². The molecule has 1 aromatic rings. The number of fused-ring (bicyclic) bond motifs is 1. The van der Waals surface area contributed by atoms with E-state index in [1.807, 2.05) is 30.9 Å². The minimum atomic E-state index is -0.494. The van der Waals surface area contributed by atoms with Crippen LogP contribution < -0.4 is 5.32 Å². The summed E-state index contributed by atoms with van der Waals surface area (Å²) in [6.07, 6.45) is 2.91. The van der Waals surface area contributed by atoms with E-state index in [1.165, 1.54) is 22.9 Å². The quantitative estimate of drug-likeness (QED) is 0.566. The number of hydrogen-bond acceptors (Lipinski definition) is 7. The highest BCUT2D eigenvalue weighted by molar-refractivity contribution is 8.01. The Morgan fingerprint density at radius 3 is 2.74 bits per heavy atom. The zero-order chi connectivity index (χ0) is 21.8. The molecular weight excluding hydrogens is 432 g/mol. The molecule has 2 heterocycles. The van der Waals surface area contributed by atoms with Gasteiger partial charge in [0.05, 0.1) is 17.2 Å². The lowest BCUT2D eigenvalue weighted by Crippen LogP contribution is -2.54. The van der Waals surface area contributed by atoms with Gasteiger partial charge in [0.25, 0.3) is 0 Å². The highest BCUT2D eigenvalue weighted by Crippen LogP contribution is 2.33. The summed E-state index contributed by atoms with van der Waals surface area (Å²) in [6.45, 7) is 4.92. The van der Waals surface area contributed by atoms with Crippen molar-refractivity contribution in [1.29, 1.82) is 0 Å². The van der Waals surface area contributed by atoms with Crippen molar-refractivity contribution < 1.29 is 19.1 Å². The average Bonchev–Trinajstić information content (AvgIpc) is 3.51. The number of carbonyl (C=O) groups excluding carboxylic acids is 2. The lowest BCUT2D eigenvalue weighted by molar-refractivity contribution is -0.173. The Labute approximate surface area is 192 Å². The van der Waals surface area contributed by atoms with Gasteiger partial charge in [-0.15, -0.1) is 23.5 Å². The Morgan fingerprint density at radius 2 is 2.00 bits per heavy atom. The molecule has 3 aliphatic rings. The van der Waals surface area contributed by atoms with E-state index < -0.39 is 12.3 Å². The number of carbonyl (C=O) groups is 2. The third kappa shape index (κ3) is 5.03. The van der Waals surface area contributed by atoms with Crippen LogP contribution in [-0.2, 0) is 25.5 Å². The Bertz CT molecular complexity index is 841. The molecule has 0 saturated carbocycles. The summed E-state index contributed by atoms with van der Waals surface area (Å²) >= 11 is 3.24. The van der Waals surface area contributed by atoms with Gasteiger partial charge in [-0.2, -0.15) is 0 Å². The minimum Gasteiger partial charge on any atom is -0.351 e. The van der Waals surface area contributed by atoms with E-state index in [0.29, 0.717) is 31.4 Å². The molecule has 1 N–H and O–H groups in total. The molecule has 2 fully saturated rings. The van der Waals surface area contributed by atoms with Crippen molar-refractivity contribution in [2.45, 2.75) is 50.3 Å². The van der Waals surface area contributed by atoms with Gasteiger partial charge in [-0.1, -0.05) is 35.9 Å². The molecule has 1 unspecified atom stereocenters. The summed E-state index contributed by atoms with van der Waals surface area (Å²) in [4.78, 5) is 28.5. The molecule has 168 valence electrons. The van der Waals surface area contributed by atoms with Crippen LogP contribution in [-0.4, -0.2) is 70.9 Å². The van der Waals surface area contributed by atoms with Crippen LogP contribution in [0.4, 0.5) is 0 Å². The van der Waals surface area contributed by atoms with Gasteiger partial charge in [0.15, 0.2) is 12.1 Å². The highest BCUT2D eigenvalue weighted by Gasteiger charge is 2.45. The van der Waals surface area contributed by atoms with E-state index >= 15 is 0 Å². The Balaban J connectivity index is 1.41. The fourth-order valence-corrected chi connectivity index (χ4v) is 6.73. The summed E-state index contributed by atoms with van der Waals surface area (Å²) in [5.41, 5.74) is 3.60. The molecule has 0 aromatic heterocycles. The Morgan fingerprint density at radius 1 is 1.23 bits per heavy atom. The summed E-state index contributed by atoms with van der Waals surface area (Å²) in [5.74, 6) is 2.09. The zero-order valence-corrected chi connectivity index (χ0v) is 19.7. The van der Waals surface area contributed by atoms with Crippen molar-refractivity contribution in [3.05, 3.63) is 41.0 Å². The first kappa shape index (κ1) is 22.9. The summed E-state index contributed by atoms with van der Waals surface area (Å²) in [5, 5.41) is 2.91. The van der Waals surface area contributed by atoms with E-state index in [1.54, 1.807) is 11.8 Å². The standard InChI is InChI=1S/C23H30N2O4S2/c1-3-28-23(29-4-2)18-12-30-14-25(18)22(27)20-21(31-13-24-20)19(26)11-15-9-16-7-5-6-8-17(16)10-15/h5-9,18,20-21,23-24H,3-4,10-14H2,1-2H3/t18-,20-,21?/m0/s1. The fourth-order valence-electron chi connectivity index (χ4n) is 4.40. The number of allylic oxidation sites excluding steroid dienone is 1. The maximum Gasteiger partial charge on any atom is 0.242 e. The first-order chi connectivity index (χ1) is 15.1. The second-order valence-corrected chi connectivity index (χ2v) is 10.0. The lowest BCUT2D eigenvalue weighted by atomic mass is 10.0. The van der Waals surface area contributed by atoms with Crippen molar-refractivity contribution in [1.82, 2.24) is 10.2 Å². The van der Waals surface area contributed by atoms with Crippen LogP contribution in [0.3, 0.4) is 0 Å². The molecule has 6 nitrogen and oxygen atoms in total. The van der Waals surface area contributed by atoms with Gasteiger partial charge in [0.1, 0.15) is 6.04 Å². The number of ketones is 1. The number of thioether (sulfide) groups is 2. The summed E-state index contributed by atoms with van der Waals surface area (Å²) in [7, 11) is 0. The van der Waals surface area contributed by atoms with Crippen molar-refractivity contribution in [3.8, 4) is 0 Å². The summed E-state index contributed by atoms with van der Waals surface area (Å²) < 4.78 is 11.5. The number of ether oxygens (including phenoxy) is 2. The molecule has 3 atom stereocenters. The third-order valence-electron chi connectivity index (χ3n) is 5.86. The van der Waals surface area contributed by atoms with E-state index in [-0.39, 0.29) is 23.0 Å². The second kappa shape index (κ2) is 10.5. The first-order valence-corrected chi connectivity index (χ1v) is 13.1. The number of nitrogens with one attached hydrogen (secondary N) is 1. The van der Waals surface area contributed by atoms with Crippen LogP contribution in [0, 0.1) is 0 Å². The smallest absolute Gasteiger partial charge is 0.242 e. The largest absolute Gasteiger partial charge is 0.351 e. The molecule has 4 rings (SSSR count). The Hall–Kier alpha value is -1.32. The number of rotatable bonds is 9. The van der Waals surface area contributed by atoms with Gasteiger partial charge in [0, 0.05) is 31.3 Å². The Kier molecular flexibility index (Phi) is 7.77. The van der Waals surface area contributed by atoms with E-state index in [2.05, 4.69) is 23.5 Å². The molecule has 31 heavy (non-hydrogen) atoms. The highest BCUT2D eigenvalue weighted by atomic mass is 32.2. The maximum absolute atomic E-state index is 13.5. The van der Waals surface area contributed by atoms with Crippen molar-refractivity contribution >= 4 is 41.3 Å². The zero-order valence-electron chi connectivity index (χ0n) is 18.0. The molecule has 1 aliphatic carbocycles. The van der Waals surface area contributed by atoms with Crippen LogP contribution in [0.15, 0.2) is 29.8 Å². The van der Waals surface area contributed by atoms with Crippen molar-refractivity contribution in [3.63, 3.8) is 0 Å². The maximum atomic E-state index is 13.5. The topological polar surface area (TPSA) is 67.9 Å². The molecule has 1 aromatic carbocycles. The molecular formula is C23H30N2O4S2. The lowest BCUT2D eigenvalue weighted by Gasteiger charge is -2.32. The van der Waals surface area contributed by atoms with Crippen LogP contribution >= 0.6 is 23.5 Å². The second-order valence-electron chi connectivity index (χ2n) is 7.89. The van der Waals surface area contributed by atoms with Crippen LogP contribution in [0.1, 0.15) is 31.4 Å². The summed E-state index contributed by atoms with van der Waals surface area (Å²) in [6, 6.07) is 7.63. The monoisotopic (exact) mass is 462 g/mol. The minimum absolute atomic E-state index is 0.0218. The predicted octanol–water partition coefficient (Wildman–Crippen LogP) is 2.92. The fraction of sp³-hybridized carbons (Fsp3) is 0.565. The molecule has 0 radical (unpaired) electrons. The third-order valence-corrected chi connectivity index (χ3v) is 8.13. The SMILES string of the molecule is CCOC(OCC)[C@@H]1CSCN1C(=O)[C@H]1NCSC1C(=O)CC1=Cc2ccccc2C1. The van der Waals surface area contributed by atoms with Crippen LogP contribution in [0.5, 0.6) is 0 Å². The van der Waals surface area contributed by atoms with Crippen molar-refractivity contribution in [2.75, 3.05) is 30.7 Å². The number of nitrogens with zero attached hydrogens (tertiary/aromatic N) is 1. The van der Waals surface area contributed by atoms with E-state index in [9.17, 15) is 9.59 Å². The van der Waals surface area contributed by atoms with Gasteiger partial charge >= 0.3 is 0 Å². The molecule has 0 spiro atoms. The molecule has 1 amide bonds. The van der Waals surface area contributed by atoms with Gasteiger partial charge < -0.3 is 14.4 Å². The van der Waals surface area contributed by atoms with E-state index in [0.717, 1.165) is 17.7 Å². The molecule has 8 heteroatoms. The van der Waals surface area contributed by atoms with Gasteiger partial charge in [-0.05, 0) is 31.4 Å². The van der Waals surface area contributed by atoms with Gasteiger partial charge in [-0.3, -0.25) is 14.9 Å². The average molecular weight is 463 g/mol. The van der Waals surface area contributed by atoms with Gasteiger partial charge in [-0.25, -0.2) is 0 Å². The number of amides is 1. The van der Waals surface area contributed by atoms with Crippen LogP contribution in [0.2, 0.25) is 0 Å². The number of Topliss-reactive ketones (excluding diaryl/α,β-unsaturated/α-hetero) is 1. The predicted molar refractivity (Wildman–Crippen MR) is 126 cm³/mol. The number of benzene rings is 1. The van der Waals surface area contributed by atoms with E-state index in [4.69, 9.17) is 9.47 Å². The first-order valence-electron chi connectivity index (χ1n) is 10.9. The normalized spacial score (nSPS) is 25.2.